The van der Waals surface area contributed by atoms with Crippen molar-refractivity contribution in [3.05, 3.63) is 99.2 Å². The monoisotopic (exact) mass is 476 g/mol. The van der Waals surface area contributed by atoms with Crippen molar-refractivity contribution in [1.82, 2.24) is 9.55 Å². The molecule has 1 amide bonds. The van der Waals surface area contributed by atoms with Gasteiger partial charge in [0.2, 0.25) is 5.95 Å². The summed E-state index contributed by atoms with van der Waals surface area (Å²) in [6.45, 7) is 3.98. The molecule has 5 rings (SSSR count). The number of rotatable bonds is 4. The lowest BCUT2D eigenvalue weighted by molar-refractivity contribution is -0.113. The van der Waals surface area contributed by atoms with Gasteiger partial charge in [-0.2, -0.15) is 0 Å². The third-order valence-electron chi connectivity index (χ3n) is 5.95. The van der Waals surface area contributed by atoms with Crippen molar-refractivity contribution in [2.24, 2.45) is 0 Å². The predicted octanol–water partition coefficient (Wildman–Crippen LogP) is 6.83. The molecule has 1 aromatic heterocycles. The first-order valence-corrected chi connectivity index (χ1v) is 11.5. The highest BCUT2D eigenvalue weighted by molar-refractivity contribution is 6.35. The minimum atomic E-state index is -0.478. The Labute approximate surface area is 202 Å². The quantitative estimate of drug-likeness (QED) is 0.339. The van der Waals surface area contributed by atoms with Crippen molar-refractivity contribution in [3.63, 3.8) is 0 Å². The molecule has 33 heavy (non-hydrogen) atoms. The molecule has 0 spiro atoms. The summed E-state index contributed by atoms with van der Waals surface area (Å²) in [4.78, 5) is 18.4. The molecule has 1 aliphatic heterocycles. The number of fused-ring (bicyclic) bond motifs is 3. The third kappa shape index (κ3) is 3.88. The molecular formula is C26H22Cl2N4O. The first kappa shape index (κ1) is 21.6. The maximum Gasteiger partial charge on any atom is 0.255 e. The summed E-state index contributed by atoms with van der Waals surface area (Å²) in [5, 5.41) is 7.40. The molecule has 1 atom stereocenters. The number of halogens is 2. The fourth-order valence-electron chi connectivity index (χ4n) is 4.30. The van der Waals surface area contributed by atoms with Crippen LogP contribution in [0.2, 0.25) is 10.0 Å². The molecular weight excluding hydrogens is 455 g/mol. The fraction of sp³-hybridized carbons (Fsp3) is 0.154. The van der Waals surface area contributed by atoms with Crippen LogP contribution >= 0.6 is 23.2 Å². The summed E-state index contributed by atoms with van der Waals surface area (Å²) in [6, 6.07) is 20.6. The molecule has 7 heteroatoms. The van der Waals surface area contributed by atoms with Crippen LogP contribution in [0.4, 0.5) is 11.6 Å². The van der Waals surface area contributed by atoms with Crippen molar-refractivity contribution < 1.29 is 4.79 Å². The number of anilines is 2. The van der Waals surface area contributed by atoms with Gasteiger partial charge in [-0.15, -0.1) is 0 Å². The number of imidazole rings is 1. The van der Waals surface area contributed by atoms with E-state index in [1.165, 1.54) is 5.56 Å². The van der Waals surface area contributed by atoms with E-state index in [1.54, 1.807) is 12.1 Å². The molecule has 0 aliphatic carbocycles. The number of carbonyl (C=O) groups excluding carboxylic acids is 1. The summed E-state index contributed by atoms with van der Waals surface area (Å²) in [5.41, 5.74) is 5.74. The number of amides is 1. The van der Waals surface area contributed by atoms with E-state index in [0.717, 1.165) is 34.4 Å². The Morgan fingerprint density at radius 2 is 1.85 bits per heavy atom. The number of carbonyl (C=O) groups is 1. The molecule has 5 nitrogen and oxygen atoms in total. The van der Waals surface area contributed by atoms with Crippen LogP contribution in [0.1, 0.15) is 31.0 Å². The van der Waals surface area contributed by atoms with Gasteiger partial charge >= 0.3 is 0 Å². The Kier molecular flexibility index (Phi) is 5.60. The van der Waals surface area contributed by atoms with Gasteiger partial charge in [-0.25, -0.2) is 4.98 Å². The van der Waals surface area contributed by atoms with Crippen molar-refractivity contribution in [2.45, 2.75) is 26.3 Å². The Morgan fingerprint density at radius 3 is 2.58 bits per heavy atom. The Hall–Kier alpha value is -3.28. The van der Waals surface area contributed by atoms with E-state index in [9.17, 15) is 4.79 Å². The van der Waals surface area contributed by atoms with E-state index in [1.807, 2.05) is 66.1 Å². The minimum Gasteiger partial charge on any atom is -0.329 e. The van der Waals surface area contributed by atoms with E-state index in [0.29, 0.717) is 21.6 Å². The van der Waals surface area contributed by atoms with Gasteiger partial charge in [0, 0.05) is 21.4 Å². The lowest BCUT2D eigenvalue weighted by atomic mass is 9.94. The summed E-state index contributed by atoms with van der Waals surface area (Å²) >= 11 is 12.8. The van der Waals surface area contributed by atoms with Crippen LogP contribution in [0, 0.1) is 0 Å². The highest BCUT2D eigenvalue weighted by atomic mass is 35.5. The molecule has 0 bridgehead atoms. The SMILES string of the molecule is CCc1ccc(NC(=O)C2=C(C)Nc3nc4ccccc4n3C2c2ccc(Cl)cc2Cl)cc1. The standard InChI is InChI=1S/C26H22Cl2N4O/c1-3-16-8-11-18(12-9-16)30-25(33)23-15(2)29-26-31-21-6-4-5-7-22(21)32(26)24(23)19-13-10-17(27)14-20(19)28/h4-14,24H,3H2,1-2H3,(H,29,31)(H,30,33). The number of hydrogen-bond donors (Lipinski definition) is 2. The summed E-state index contributed by atoms with van der Waals surface area (Å²) in [7, 11) is 0. The molecule has 0 radical (unpaired) electrons. The molecule has 2 N–H and O–H groups in total. The second-order valence-corrected chi connectivity index (χ2v) is 8.87. The zero-order chi connectivity index (χ0) is 23.1. The van der Waals surface area contributed by atoms with Crippen molar-refractivity contribution in [2.75, 3.05) is 10.6 Å². The lowest BCUT2D eigenvalue weighted by Crippen LogP contribution is -2.31. The van der Waals surface area contributed by atoms with Crippen LogP contribution in [0.25, 0.3) is 11.0 Å². The maximum atomic E-state index is 13.7. The van der Waals surface area contributed by atoms with E-state index in [-0.39, 0.29) is 5.91 Å². The number of benzene rings is 3. The van der Waals surface area contributed by atoms with Crippen molar-refractivity contribution in [3.8, 4) is 0 Å². The normalized spacial score (nSPS) is 15.3. The van der Waals surface area contributed by atoms with Crippen molar-refractivity contribution >= 4 is 51.8 Å². The summed E-state index contributed by atoms with van der Waals surface area (Å²) in [6.07, 6.45) is 0.941. The highest BCUT2D eigenvalue weighted by Gasteiger charge is 2.35. The van der Waals surface area contributed by atoms with Gasteiger partial charge in [0.1, 0.15) is 0 Å². The van der Waals surface area contributed by atoms with Crippen LogP contribution in [-0.2, 0) is 11.2 Å². The molecule has 1 aliphatic rings. The first-order chi connectivity index (χ1) is 16.0. The van der Waals surface area contributed by atoms with E-state index < -0.39 is 6.04 Å². The number of nitrogens with one attached hydrogen (secondary N) is 2. The van der Waals surface area contributed by atoms with Crippen LogP contribution in [0.15, 0.2) is 78.0 Å². The van der Waals surface area contributed by atoms with Crippen LogP contribution in [0.5, 0.6) is 0 Å². The van der Waals surface area contributed by atoms with Crippen LogP contribution < -0.4 is 10.6 Å². The Balaban J connectivity index is 1.65. The minimum absolute atomic E-state index is 0.205. The average Bonchev–Trinajstić information content (AvgIpc) is 3.16. The lowest BCUT2D eigenvalue weighted by Gasteiger charge is -2.31. The summed E-state index contributed by atoms with van der Waals surface area (Å²) < 4.78 is 2.02. The van der Waals surface area contributed by atoms with Crippen LogP contribution in [-0.4, -0.2) is 15.5 Å². The molecule has 1 unspecified atom stereocenters. The number of nitrogens with zero attached hydrogens (tertiary/aromatic N) is 2. The van der Waals surface area contributed by atoms with E-state index in [4.69, 9.17) is 28.2 Å². The predicted molar refractivity (Wildman–Crippen MR) is 135 cm³/mol. The van der Waals surface area contributed by atoms with Gasteiger partial charge in [0.05, 0.1) is 22.6 Å². The van der Waals surface area contributed by atoms with Gasteiger partial charge in [-0.05, 0) is 60.9 Å². The van der Waals surface area contributed by atoms with Crippen molar-refractivity contribution in [1.29, 1.82) is 0 Å². The van der Waals surface area contributed by atoms with Gasteiger partial charge in [-0.1, -0.05) is 60.5 Å². The zero-order valence-electron chi connectivity index (χ0n) is 18.2. The summed E-state index contributed by atoms with van der Waals surface area (Å²) in [5.74, 6) is 0.456. The second-order valence-electron chi connectivity index (χ2n) is 8.03. The van der Waals surface area contributed by atoms with E-state index >= 15 is 0 Å². The number of aromatic nitrogens is 2. The van der Waals surface area contributed by atoms with Gasteiger partial charge in [0.15, 0.2) is 0 Å². The Morgan fingerprint density at radius 1 is 1.09 bits per heavy atom. The van der Waals surface area contributed by atoms with Gasteiger partial charge < -0.3 is 10.6 Å². The highest BCUT2D eigenvalue weighted by Crippen LogP contribution is 2.42. The third-order valence-corrected chi connectivity index (χ3v) is 6.51. The van der Waals surface area contributed by atoms with Crippen LogP contribution in [0.3, 0.4) is 0 Å². The van der Waals surface area contributed by atoms with Gasteiger partial charge in [-0.3, -0.25) is 9.36 Å². The zero-order valence-corrected chi connectivity index (χ0v) is 19.7. The molecule has 3 aromatic carbocycles. The molecule has 2 heterocycles. The van der Waals surface area contributed by atoms with Gasteiger partial charge in [0.25, 0.3) is 5.91 Å². The molecule has 0 saturated carbocycles. The maximum absolute atomic E-state index is 13.7. The second kappa shape index (κ2) is 8.58. The fourth-order valence-corrected chi connectivity index (χ4v) is 4.81. The Bertz CT molecular complexity index is 1410. The first-order valence-electron chi connectivity index (χ1n) is 10.8. The number of allylic oxidation sites excluding steroid dienone is 1. The molecule has 0 fully saturated rings. The average molecular weight is 477 g/mol. The molecule has 0 saturated heterocycles. The largest absolute Gasteiger partial charge is 0.329 e. The number of aryl methyl sites for hydroxylation is 1. The smallest absolute Gasteiger partial charge is 0.255 e. The number of para-hydroxylation sites is 2. The van der Waals surface area contributed by atoms with E-state index in [2.05, 4.69) is 17.6 Å². The molecule has 4 aromatic rings. The number of hydrogen-bond acceptors (Lipinski definition) is 3. The molecule has 166 valence electrons. The topological polar surface area (TPSA) is 59.0 Å².